The molecule has 2 heterocycles. The normalized spacial score (nSPS) is 10.5. The molecule has 0 aliphatic carbocycles. The summed E-state index contributed by atoms with van der Waals surface area (Å²) in [6.07, 6.45) is 2.66. The number of nitrogen functional groups attached to an aromatic ring is 1. The monoisotopic (exact) mass is 290 g/mol. The van der Waals surface area contributed by atoms with Gasteiger partial charge in [0.15, 0.2) is 5.82 Å². The number of aromatic nitrogens is 3. The summed E-state index contributed by atoms with van der Waals surface area (Å²) in [5.74, 6) is -0.576. The molecule has 0 atom stereocenters. The molecule has 4 nitrogen and oxygen atoms in total. The van der Waals surface area contributed by atoms with Gasteiger partial charge in [-0.1, -0.05) is 35.0 Å². The zero-order valence-electron chi connectivity index (χ0n) is 8.19. The van der Waals surface area contributed by atoms with Crippen LogP contribution in [-0.2, 0) is 0 Å². The van der Waals surface area contributed by atoms with Gasteiger partial charge in [-0.2, -0.15) is 4.39 Å². The molecule has 2 rings (SSSR count). The largest absolute Gasteiger partial charge is 0.381 e. The molecule has 2 N–H and O–H groups in total. The van der Waals surface area contributed by atoms with Crippen molar-refractivity contribution < 1.29 is 4.39 Å². The van der Waals surface area contributed by atoms with Crippen molar-refractivity contribution in [3.8, 4) is 0 Å². The molecule has 0 radical (unpaired) electrons. The highest BCUT2D eigenvalue weighted by Crippen LogP contribution is 2.34. The Morgan fingerprint density at radius 1 is 1.29 bits per heavy atom. The van der Waals surface area contributed by atoms with Gasteiger partial charge in [0.1, 0.15) is 15.2 Å². The standard InChI is InChI=1S/C9H5Cl2FN4S/c10-5-3-15-9(8(13)16-5)17-4-1-2-14-7(12)6(4)11/h1-3H,(H2,13,16). The number of rotatable bonds is 2. The highest BCUT2D eigenvalue weighted by atomic mass is 35.5. The van der Waals surface area contributed by atoms with Crippen LogP contribution in [0.5, 0.6) is 0 Å². The van der Waals surface area contributed by atoms with E-state index in [1.54, 1.807) is 6.07 Å². The van der Waals surface area contributed by atoms with Crippen molar-refractivity contribution in [3.05, 3.63) is 34.6 Å². The summed E-state index contributed by atoms with van der Waals surface area (Å²) >= 11 is 12.5. The zero-order valence-corrected chi connectivity index (χ0v) is 10.5. The molecule has 0 amide bonds. The van der Waals surface area contributed by atoms with E-state index in [1.807, 2.05) is 0 Å². The molecule has 0 aliphatic heterocycles. The quantitative estimate of drug-likeness (QED) is 0.861. The van der Waals surface area contributed by atoms with Crippen molar-refractivity contribution in [2.75, 3.05) is 5.73 Å². The number of nitrogens with two attached hydrogens (primary N) is 1. The van der Waals surface area contributed by atoms with Gasteiger partial charge in [-0.25, -0.2) is 15.0 Å². The maximum atomic E-state index is 13.1. The Morgan fingerprint density at radius 3 is 2.76 bits per heavy atom. The first-order valence-corrected chi connectivity index (χ1v) is 5.91. The Morgan fingerprint density at radius 2 is 2.06 bits per heavy atom. The molecule has 2 aromatic heterocycles. The fourth-order valence-corrected chi connectivity index (χ4v) is 2.17. The van der Waals surface area contributed by atoms with E-state index in [2.05, 4.69) is 15.0 Å². The van der Waals surface area contributed by atoms with Gasteiger partial charge in [-0.15, -0.1) is 0 Å². The van der Waals surface area contributed by atoms with Gasteiger partial charge in [0, 0.05) is 11.1 Å². The highest BCUT2D eigenvalue weighted by Gasteiger charge is 2.11. The van der Waals surface area contributed by atoms with Gasteiger partial charge in [0.2, 0.25) is 5.95 Å². The topological polar surface area (TPSA) is 64.7 Å². The van der Waals surface area contributed by atoms with Crippen LogP contribution in [0, 0.1) is 5.95 Å². The summed E-state index contributed by atoms with van der Waals surface area (Å²) in [5.41, 5.74) is 5.63. The van der Waals surface area contributed by atoms with Gasteiger partial charge in [-0.3, -0.25) is 0 Å². The zero-order chi connectivity index (χ0) is 12.4. The molecule has 17 heavy (non-hydrogen) atoms. The molecule has 8 heteroatoms. The molecule has 0 saturated heterocycles. The summed E-state index contributed by atoms with van der Waals surface area (Å²) in [5, 5.41) is 0.523. The molecule has 2 aromatic rings. The number of hydrogen-bond acceptors (Lipinski definition) is 5. The second-order valence-corrected chi connectivity index (χ2v) is 4.69. The second-order valence-electron chi connectivity index (χ2n) is 2.90. The molecular formula is C9H5Cl2FN4S. The lowest BCUT2D eigenvalue weighted by Crippen LogP contribution is -1.96. The van der Waals surface area contributed by atoms with Crippen molar-refractivity contribution in [1.82, 2.24) is 15.0 Å². The lowest BCUT2D eigenvalue weighted by atomic mass is 10.5. The van der Waals surface area contributed by atoms with Gasteiger partial charge in [-0.05, 0) is 6.07 Å². The molecule has 88 valence electrons. The van der Waals surface area contributed by atoms with E-state index in [4.69, 9.17) is 28.9 Å². The summed E-state index contributed by atoms with van der Waals surface area (Å²) in [6, 6.07) is 1.56. The van der Waals surface area contributed by atoms with Crippen LogP contribution in [0.25, 0.3) is 0 Å². The van der Waals surface area contributed by atoms with E-state index in [0.717, 1.165) is 11.8 Å². The Bertz CT molecular complexity index is 567. The SMILES string of the molecule is Nc1nc(Cl)cnc1Sc1ccnc(F)c1Cl. The molecule has 0 unspecified atom stereocenters. The third-order valence-electron chi connectivity index (χ3n) is 1.75. The summed E-state index contributed by atoms with van der Waals surface area (Å²) in [6.45, 7) is 0. The van der Waals surface area contributed by atoms with Crippen molar-refractivity contribution in [1.29, 1.82) is 0 Å². The van der Waals surface area contributed by atoms with E-state index >= 15 is 0 Å². The van der Waals surface area contributed by atoms with Crippen LogP contribution < -0.4 is 5.73 Å². The first-order valence-electron chi connectivity index (χ1n) is 4.34. The van der Waals surface area contributed by atoms with Crippen LogP contribution in [0.3, 0.4) is 0 Å². The fourth-order valence-electron chi connectivity index (χ4n) is 1.03. The molecule has 0 aromatic carbocycles. The van der Waals surface area contributed by atoms with Crippen LogP contribution in [0.1, 0.15) is 0 Å². The predicted octanol–water partition coefficient (Wildman–Crippen LogP) is 3.05. The molecule has 0 spiro atoms. The summed E-state index contributed by atoms with van der Waals surface area (Å²) in [7, 11) is 0. The second kappa shape index (κ2) is 5.03. The Hall–Kier alpha value is -1.11. The molecule has 0 saturated carbocycles. The van der Waals surface area contributed by atoms with E-state index in [-0.39, 0.29) is 16.0 Å². The fraction of sp³-hybridized carbons (Fsp3) is 0. The number of hydrogen-bond donors (Lipinski definition) is 1. The van der Waals surface area contributed by atoms with Crippen LogP contribution in [0.2, 0.25) is 10.2 Å². The third-order valence-corrected chi connectivity index (χ3v) is 3.47. The first-order chi connectivity index (χ1) is 8.08. The molecule has 0 fully saturated rings. The van der Waals surface area contributed by atoms with Crippen molar-refractivity contribution in [3.63, 3.8) is 0 Å². The van der Waals surface area contributed by atoms with Crippen molar-refractivity contribution in [2.45, 2.75) is 9.92 Å². The highest BCUT2D eigenvalue weighted by molar-refractivity contribution is 7.99. The average molecular weight is 291 g/mol. The minimum atomic E-state index is -0.739. The minimum Gasteiger partial charge on any atom is -0.381 e. The van der Waals surface area contributed by atoms with E-state index in [0.29, 0.717) is 9.92 Å². The number of pyridine rings is 1. The maximum absolute atomic E-state index is 13.1. The van der Waals surface area contributed by atoms with Crippen LogP contribution in [0.15, 0.2) is 28.4 Å². The molecule has 0 bridgehead atoms. The Balaban J connectivity index is 2.35. The minimum absolute atomic E-state index is 0.0753. The van der Waals surface area contributed by atoms with Crippen LogP contribution in [-0.4, -0.2) is 15.0 Å². The molecular weight excluding hydrogens is 286 g/mol. The third kappa shape index (κ3) is 2.77. The number of halogens is 3. The van der Waals surface area contributed by atoms with Crippen molar-refractivity contribution >= 4 is 40.8 Å². The lowest BCUT2D eigenvalue weighted by Gasteiger charge is -2.05. The first kappa shape index (κ1) is 12.3. The maximum Gasteiger partial charge on any atom is 0.232 e. The summed E-state index contributed by atoms with van der Waals surface area (Å²) < 4.78 is 13.1. The van der Waals surface area contributed by atoms with E-state index in [1.165, 1.54) is 12.4 Å². The van der Waals surface area contributed by atoms with Gasteiger partial charge < -0.3 is 5.73 Å². The Kier molecular flexibility index (Phi) is 3.66. The smallest absolute Gasteiger partial charge is 0.232 e. The van der Waals surface area contributed by atoms with Crippen molar-refractivity contribution in [2.24, 2.45) is 0 Å². The van der Waals surface area contributed by atoms with E-state index in [9.17, 15) is 4.39 Å². The number of nitrogens with zero attached hydrogens (tertiary/aromatic N) is 3. The average Bonchev–Trinajstić information content (AvgIpc) is 2.28. The van der Waals surface area contributed by atoms with Crippen LogP contribution >= 0.6 is 35.0 Å². The van der Waals surface area contributed by atoms with E-state index < -0.39 is 5.95 Å². The Labute approximate surface area is 110 Å². The lowest BCUT2D eigenvalue weighted by molar-refractivity contribution is 0.580. The van der Waals surface area contributed by atoms with Gasteiger partial charge in [0.25, 0.3) is 0 Å². The predicted molar refractivity (Wildman–Crippen MR) is 64.8 cm³/mol. The molecule has 0 aliphatic rings. The van der Waals surface area contributed by atoms with Gasteiger partial charge in [0.05, 0.1) is 6.20 Å². The van der Waals surface area contributed by atoms with Gasteiger partial charge >= 0.3 is 0 Å². The number of anilines is 1. The summed E-state index contributed by atoms with van der Waals surface area (Å²) in [4.78, 5) is 11.7. The van der Waals surface area contributed by atoms with Crippen LogP contribution in [0.4, 0.5) is 10.2 Å².